The highest BCUT2D eigenvalue weighted by molar-refractivity contribution is 5.94. The standard InChI is InChI=1S/C18H27N3O3/c1-23-11-9-20-10-12-24-15-18(13-20)5-2-8-21(14-18)17(22)16-3-6-19-7-4-16/h3-4,6-7H,2,5,8-15H2,1H3. The van der Waals surface area contributed by atoms with Gasteiger partial charge in [0.2, 0.25) is 0 Å². The lowest BCUT2D eigenvalue weighted by atomic mass is 9.80. The second kappa shape index (κ2) is 8.05. The van der Waals surface area contributed by atoms with Gasteiger partial charge in [0.15, 0.2) is 0 Å². The molecule has 1 unspecified atom stereocenters. The number of hydrogen-bond donors (Lipinski definition) is 0. The molecule has 1 aromatic heterocycles. The summed E-state index contributed by atoms with van der Waals surface area (Å²) >= 11 is 0. The number of rotatable bonds is 4. The monoisotopic (exact) mass is 333 g/mol. The Morgan fingerprint density at radius 3 is 2.96 bits per heavy atom. The highest BCUT2D eigenvalue weighted by atomic mass is 16.5. The first-order valence-electron chi connectivity index (χ1n) is 8.71. The average Bonchev–Trinajstić information content (AvgIpc) is 2.82. The van der Waals surface area contributed by atoms with E-state index in [2.05, 4.69) is 9.88 Å². The van der Waals surface area contributed by atoms with Crippen molar-refractivity contribution in [3.63, 3.8) is 0 Å². The summed E-state index contributed by atoms with van der Waals surface area (Å²) < 4.78 is 11.1. The molecule has 1 atom stereocenters. The molecule has 3 rings (SSSR count). The van der Waals surface area contributed by atoms with E-state index in [-0.39, 0.29) is 11.3 Å². The van der Waals surface area contributed by atoms with Crippen LogP contribution in [0.3, 0.4) is 0 Å². The molecule has 1 amide bonds. The number of amides is 1. The molecule has 2 saturated heterocycles. The van der Waals surface area contributed by atoms with Crippen LogP contribution in [-0.2, 0) is 9.47 Å². The van der Waals surface area contributed by atoms with E-state index in [0.29, 0.717) is 5.56 Å². The van der Waals surface area contributed by atoms with Gasteiger partial charge in [-0.15, -0.1) is 0 Å². The van der Waals surface area contributed by atoms with E-state index in [1.54, 1.807) is 31.6 Å². The first kappa shape index (κ1) is 17.3. The number of carbonyl (C=O) groups is 1. The summed E-state index contributed by atoms with van der Waals surface area (Å²) in [6.07, 6.45) is 5.48. The van der Waals surface area contributed by atoms with Crippen molar-refractivity contribution in [2.75, 3.05) is 59.7 Å². The molecule has 6 heteroatoms. The summed E-state index contributed by atoms with van der Waals surface area (Å²) in [7, 11) is 1.74. The highest BCUT2D eigenvalue weighted by Gasteiger charge is 2.40. The SMILES string of the molecule is COCCN1CCOCC2(CCCN(C(=O)c3ccncc3)C2)C1. The molecule has 132 valence electrons. The van der Waals surface area contributed by atoms with Gasteiger partial charge >= 0.3 is 0 Å². The molecule has 2 aliphatic rings. The van der Waals surface area contributed by atoms with Crippen LogP contribution in [0.25, 0.3) is 0 Å². The second-order valence-electron chi connectivity index (χ2n) is 6.89. The molecular weight excluding hydrogens is 306 g/mol. The Morgan fingerprint density at radius 1 is 1.33 bits per heavy atom. The van der Waals surface area contributed by atoms with Gasteiger partial charge in [-0.05, 0) is 25.0 Å². The minimum atomic E-state index is 0.0329. The van der Waals surface area contributed by atoms with Crippen LogP contribution in [0, 0.1) is 5.41 Å². The molecule has 0 aliphatic carbocycles. The fourth-order valence-electron chi connectivity index (χ4n) is 3.80. The zero-order chi connectivity index (χ0) is 16.8. The van der Waals surface area contributed by atoms with E-state index >= 15 is 0 Å². The van der Waals surface area contributed by atoms with Crippen molar-refractivity contribution in [2.24, 2.45) is 5.41 Å². The van der Waals surface area contributed by atoms with Crippen LogP contribution in [0.2, 0.25) is 0 Å². The van der Waals surface area contributed by atoms with Crippen molar-refractivity contribution in [1.82, 2.24) is 14.8 Å². The van der Waals surface area contributed by atoms with E-state index in [1.165, 1.54) is 0 Å². The van der Waals surface area contributed by atoms with Gasteiger partial charge in [-0.1, -0.05) is 0 Å². The number of hydrogen-bond acceptors (Lipinski definition) is 5. The van der Waals surface area contributed by atoms with Crippen molar-refractivity contribution < 1.29 is 14.3 Å². The molecule has 1 aromatic rings. The normalized spacial score (nSPS) is 25.6. The third-order valence-electron chi connectivity index (χ3n) is 5.01. The van der Waals surface area contributed by atoms with Crippen LogP contribution < -0.4 is 0 Å². The third kappa shape index (κ3) is 4.12. The zero-order valence-electron chi connectivity index (χ0n) is 14.4. The van der Waals surface area contributed by atoms with E-state index in [9.17, 15) is 4.79 Å². The van der Waals surface area contributed by atoms with Crippen LogP contribution >= 0.6 is 0 Å². The molecule has 0 radical (unpaired) electrons. The van der Waals surface area contributed by atoms with Crippen molar-refractivity contribution >= 4 is 5.91 Å². The van der Waals surface area contributed by atoms with Gasteiger partial charge in [-0.3, -0.25) is 14.7 Å². The van der Waals surface area contributed by atoms with Crippen molar-refractivity contribution in [3.05, 3.63) is 30.1 Å². The molecule has 0 saturated carbocycles. The van der Waals surface area contributed by atoms with E-state index in [4.69, 9.17) is 9.47 Å². The lowest BCUT2D eigenvalue weighted by molar-refractivity contribution is 0.00620. The summed E-state index contributed by atoms with van der Waals surface area (Å²) in [5.74, 6) is 0.101. The summed E-state index contributed by atoms with van der Waals surface area (Å²) in [6.45, 7) is 6.62. The molecular formula is C18H27N3O3. The smallest absolute Gasteiger partial charge is 0.253 e. The van der Waals surface area contributed by atoms with Crippen LogP contribution in [0.1, 0.15) is 23.2 Å². The summed E-state index contributed by atoms with van der Waals surface area (Å²) in [6, 6.07) is 3.58. The van der Waals surface area contributed by atoms with Crippen molar-refractivity contribution in [2.45, 2.75) is 12.8 Å². The number of nitrogens with zero attached hydrogens (tertiary/aromatic N) is 3. The first-order chi connectivity index (χ1) is 11.7. The largest absolute Gasteiger partial charge is 0.383 e. The molecule has 2 aliphatic heterocycles. The summed E-state index contributed by atoms with van der Waals surface area (Å²) in [4.78, 5) is 21.2. The van der Waals surface area contributed by atoms with E-state index in [1.807, 2.05) is 4.90 Å². The summed E-state index contributed by atoms with van der Waals surface area (Å²) in [5.41, 5.74) is 0.749. The number of carbonyl (C=O) groups excluding carboxylic acids is 1. The number of aromatic nitrogens is 1. The van der Waals surface area contributed by atoms with Gasteiger partial charge in [-0.25, -0.2) is 0 Å². The Hall–Kier alpha value is -1.50. The predicted molar refractivity (Wildman–Crippen MR) is 90.9 cm³/mol. The van der Waals surface area contributed by atoms with Crippen LogP contribution in [0.5, 0.6) is 0 Å². The van der Waals surface area contributed by atoms with Crippen LogP contribution in [-0.4, -0.2) is 80.3 Å². The van der Waals surface area contributed by atoms with Gasteiger partial charge < -0.3 is 14.4 Å². The molecule has 24 heavy (non-hydrogen) atoms. The van der Waals surface area contributed by atoms with Crippen molar-refractivity contribution in [3.8, 4) is 0 Å². The predicted octanol–water partition coefficient (Wildman–Crippen LogP) is 1.28. The maximum atomic E-state index is 12.8. The fourth-order valence-corrected chi connectivity index (χ4v) is 3.80. The van der Waals surface area contributed by atoms with Gasteiger partial charge in [-0.2, -0.15) is 0 Å². The van der Waals surface area contributed by atoms with Crippen LogP contribution in [0.4, 0.5) is 0 Å². The summed E-state index contributed by atoms with van der Waals surface area (Å²) in [5, 5.41) is 0. The molecule has 6 nitrogen and oxygen atoms in total. The molecule has 3 heterocycles. The number of pyridine rings is 1. The minimum Gasteiger partial charge on any atom is -0.383 e. The molecule has 1 spiro atoms. The highest BCUT2D eigenvalue weighted by Crippen LogP contribution is 2.33. The topological polar surface area (TPSA) is 54.9 Å². The van der Waals surface area contributed by atoms with Crippen molar-refractivity contribution in [1.29, 1.82) is 0 Å². The molecule has 0 N–H and O–H groups in total. The molecule has 0 bridgehead atoms. The Labute approximate surface area is 143 Å². The average molecular weight is 333 g/mol. The maximum Gasteiger partial charge on any atom is 0.253 e. The maximum absolute atomic E-state index is 12.8. The zero-order valence-corrected chi connectivity index (χ0v) is 14.4. The lowest BCUT2D eigenvalue weighted by Gasteiger charge is -2.43. The minimum absolute atomic E-state index is 0.0329. The van der Waals surface area contributed by atoms with Gasteiger partial charge in [0, 0.05) is 63.2 Å². The Balaban J connectivity index is 1.69. The van der Waals surface area contributed by atoms with E-state index < -0.39 is 0 Å². The number of piperidine rings is 1. The Kier molecular flexibility index (Phi) is 5.81. The van der Waals surface area contributed by atoms with Gasteiger partial charge in [0.05, 0.1) is 19.8 Å². The van der Waals surface area contributed by atoms with E-state index in [0.717, 1.165) is 65.4 Å². The molecule has 0 aromatic carbocycles. The number of likely N-dealkylation sites (tertiary alicyclic amines) is 1. The van der Waals surface area contributed by atoms with Crippen LogP contribution in [0.15, 0.2) is 24.5 Å². The lowest BCUT2D eigenvalue weighted by Crippen LogP contribution is -2.52. The second-order valence-corrected chi connectivity index (χ2v) is 6.89. The number of ether oxygens (including phenoxy) is 2. The fraction of sp³-hybridized carbons (Fsp3) is 0.667. The third-order valence-corrected chi connectivity index (χ3v) is 5.01. The van der Waals surface area contributed by atoms with Gasteiger partial charge in [0.1, 0.15) is 0 Å². The Morgan fingerprint density at radius 2 is 2.17 bits per heavy atom. The molecule has 2 fully saturated rings. The quantitative estimate of drug-likeness (QED) is 0.831. The number of methoxy groups -OCH3 is 1. The Bertz CT molecular complexity index is 540. The first-order valence-corrected chi connectivity index (χ1v) is 8.71. The van der Waals surface area contributed by atoms with Gasteiger partial charge in [0.25, 0.3) is 5.91 Å².